The van der Waals surface area contributed by atoms with Crippen molar-refractivity contribution in [2.24, 2.45) is 5.10 Å². The largest absolute Gasteiger partial charge is 0.490 e. The highest BCUT2D eigenvalue weighted by Gasteiger charge is 2.27. The van der Waals surface area contributed by atoms with Gasteiger partial charge in [-0.25, -0.2) is 18.2 Å². The number of carbonyl (C=O) groups excluding carboxylic acids is 1. The molecule has 1 N–H and O–H groups in total. The van der Waals surface area contributed by atoms with E-state index in [1.54, 1.807) is 42.5 Å². The number of hydrazone groups is 1. The zero-order chi connectivity index (χ0) is 25.3. The van der Waals surface area contributed by atoms with E-state index < -0.39 is 28.3 Å². The van der Waals surface area contributed by atoms with Gasteiger partial charge in [-0.05, 0) is 54.4 Å². The van der Waals surface area contributed by atoms with Crippen molar-refractivity contribution in [3.05, 3.63) is 108 Å². The minimum Gasteiger partial charge on any atom is -0.490 e. The molecule has 35 heavy (non-hydrogen) atoms. The average Bonchev–Trinajstić information content (AvgIpc) is 2.84. The standard InChI is InChI=1S/C26H26FN3O4S/c1-3-15-34-24-6-4-5-22(16-24)17-28-29-26(31)19-30(18-21-9-11-23(27)12-10-21)35(32,33)25-13-7-20(2)8-14-25/h3-14,16-17H,1,15,18-19H2,2H3,(H,29,31)/b28-17-. The van der Waals surface area contributed by atoms with Crippen molar-refractivity contribution in [3.8, 4) is 5.75 Å². The Kier molecular flexibility index (Phi) is 8.88. The van der Waals surface area contributed by atoms with Crippen LogP contribution in [0.2, 0.25) is 0 Å². The van der Waals surface area contributed by atoms with Crippen LogP contribution in [0.25, 0.3) is 0 Å². The zero-order valence-corrected chi connectivity index (χ0v) is 20.0. The first-order chi connectivity index (χ1) is 16.8. The number of hydrogen-bond donors (Lipinski definition) is 1. The second kappa shape index (κ2) is 12.0. The fourth-order valence-electron chi connectivity index (χ4n) is 3.09. The summed E-state index contributed by atoms with van der Waals surface area (Å²) in [5.41, 5.74) is 4.48. The second-order valence-electron chi connectivity index (χ2n) is 7.68. The molecule has 0 spiro atoms. The summed E-state index contributed by atoms with van der Waals surface area (Å²) in [6, 6.07) is 18.8. The zero-order valence-electron chi connectivity index (χ0n) is 19.2. The van der Waals surface area contributed by atoms with Crippen LogP contribution in [0.5, 0.6) is 5.75 Å². The number of ether oxygens (including phenoxy) is 1. The summed E-state index contributed by atoms with van der Waals surface area (Å²) in [5.74, 6) is -0.444. The molecule has 0 aliphatic rings. The number of carbonyl (C=O) groups is 1. The van der Waals surface area contributed by atoms with Crippen LogP contribution in [-0.4, -0.2) is 38.0 Å². The number of nitrogens with zero attached hydrogens (tertiary/aromatic N) is 2. The van der Waals surface area contributed by atoms with Gasteiger partial charge in [0, 0.05) is 6.54 Å². The van der Waals surface area contributed by atoms with Crippen LogP contribution in [0.15, 0.2) is 95.4 Å². The highest BCUT2D eigenvalue weighted by atomic mass is 32.2. The van der Waals surface area contributed by atoms with Crippen LogP contribution < -0.4 is 10.2 Å². The molecule has 0 bridgehead atoms. The molecule has 0 radical (unpaired) electrons. The summed E-state index contributed by atoms with van der Waals surface area (Å²) in [4.78, 5) is 12.7. The molecule has 0 fully saturated rings. The predicted molar refractivity (Wildman–Crippen MR) is 133 cm³/mol. The van der Waals surface area contributed by atoms with E-state index in [0.29, 0.717) is 23.5 Å². The molecular formula is C26H26FN3O4S. The molecule has 0 heterocycles. The van der Waals surface area contributed by atoms with E-state index in [0.717, 1.165) is 9.87 Å². The van der Waals surface area contributed by atoms with E-state index in [9.17, 15) is 17.6 Å². The van der Waals surface area contributed by atoms with Gasteiger partial charge in [-0.3, -0.25) is 4.79 Å². The first-order valence-corrected chi connectivity index (χ1v) is 12.2. The van der Waals surface area contributed by atoms with Gasteiger partial charge in [-0.15, -0.1) is 0 Å². The Morgan fingerprint density at radius 2 is 1.83 bits per heavy atom. The molecule has 0 saturated heterocycles. The summed E-state index contributed by atoms with van der Waals surface area (Å²) in [6.07, 6.45) is 3.06. The van der Waals surface area contributed by atoms with Gasteiger partial charge in [0.25, 0.3) is 5.91 Å². The van der Waals surface area contributed by atoms with Gasteiger partial charge < -0.3 is 4.74 Å². The van der Waals surface area contributed by atoms with Crippen LogP contribution in [-0.2, 0) is 21.4 Å². The minimum absolute atomic E-state index is 0.0536. The Morgan fingerprint density at radius 3 is 2.51 bits per heavy atom. The van der Waals surface area contributed by atoms with Crippen LogP contribution in [0.4, 0.5) is 4.39 Å². The average molecular weight is 496 g/mol. The lowest BCUT2D eigenvalue weighted by Crippen LogP contribution is -2.39. The lowest BCUT2D eigenvalue weighted by molar-refractivity contribution is -0.121. The number of sulfonamides is 1. The lowest BCUT2D eigenvalue weighted by atomic mass is 10.2. The van der Waals surface area contributed by atoms with Crippen molar-refractivity contribution >= 4 is 22.1 Å². The van der Waals surface area contributed by atoms with Gasteiger partial charge in [-0.1, -0.05) is 54.6 Å². The van der Waals surface area contributed by atoms with E-state index in [2.05, 4.69) is 17.1 Å². The van der Waals surface area contributed by atoms with Gasteiger partial charge in [0.15, 0.2) is 0 Å². The minimum atomic E-state index is -4.01. The van der Waals surface area contributed by atoms with Gasteiger partial charge in [0.2, 0.25) is 10.0 Å². The molecule has 3 aromatic carbocycles. The van der Waals surface area contributed by atoms with E-state index in [-0.39, 0.29) is 11.4 Å². The van der Waals surface area contributed by atoms with Crippen LogP contribution in [0.3, 0.4) is 0 Å². The Hall–Kier alpha value is -3.82. The first-order valence-electron chi connectivity index (χ1n) is 10.7. The third kappa shape index (κ3) is 7.59. The predicted octanol–water partition coefficient (Wildman–Crippen LogP) is 4.04. The molecule has 0 aromatic heterocycles. The van der Waals surface area contributed by atoms with E-state index in [1.165, 1.54) is 42.6 Å². The molecule has 182 valence electrons. The number of halogens is 1. The maximum absolute atomic E-state index is 13.3. The summed E-state index contributed by atoms with van der Waals surface area (Å²) in [6.45, 7) is 5.21. The fraction of sp³-hybridized carbons (Fsp3) is 0.154. The number of benzene rings is 3. The molecule has 0 saturated carbocycles. The van der Waals surface area contributed by atoms with Gasteiger partial charge in [-0.2, -0.15) is 9.41 Å². The number of rotatable bonds is 11. The maximum Gasteiger partial charge on any atom is 0.255 e. The molecule has 7 nitrogen and oxygen atoms in total. The molecule has 9 heteroatoms. The van der Waals surface area contributed by atoms with Crippen molar-refractivity contribution in [1.29, 1.82) is 0 Å². The van der Waals surface area contributed by atoms with Crippen molar-refractivity contribution in [3.63, 3.8) is 0 Å². The molecule has 0 aliphatic carbocycles. The van der Waals surface area contributed by atoms with E-state index in [4.69, 9.17) is 4.74 Å². The van der Waals surface area contributed by atoms with Gasteiger partial charge >= 0.3 is 0 Å². The summed E-state index contributed by atoms with van der Waals surface area (Å²) >= 11 is 0. The van der Waals surface area contributed by atoms with Crippen LogP contribution in [0.1, 0.15) is 16.7 Å². The molecule has 0 atom stereocenters. The highest BCUT2D eigenvalue weighted by Crippen LogP contribution is 2.19. The fourth-order valence-corrected chi connectivity index (χ4v) is 4.48. The summed E-state index contributed by atoms with van der Waals surface area (Å²) in [7, 11) is -4.01. The van der Waals surface area contributed by atoms with E-state index in [1.807, 2.05) is 6.92 Å². The first kappa shape index (κ1) is 25.8. The number of hydrogen-bond acceptors (Lipinski definition) is 5. The monoisotopic (exact) mass is 495 g/mol. The highest BCUT2D eigenvalue weighted by molar-refractivity contribution is 7.89. The SMILES string of the molecule is C=CCOc1cccc(/C=N\NC(=O)CN(Cc2ccc(F)cc2)S(=O)(=O)c2ccc(C)cc2)c1. The van der Waals surface area contributed by atoms with Crippen LogP contribution >= 0.6 is 0 Å². The normalized spacial score (nSPS) is 11.5. The van der Waals surface area contributed by atoms with Crippen molar-refractivity contribution < 1.29 is 22.3 Å². The molecule has 0 aliphatic heterocycles. The quantitative estimate of drug-likeness (QED) is 0.247. The Labute approximate surface area is 204 Å². The summed E-state index contributed by atoms with van der Waals surface area (Å²) in [5, 5.41) is 3.93. The molecule has 1 amide bonds. The lowest BCUT2D eigenvalue weighted by Gasteiger charge is -2.21. The van der Waals surface area contributed by atoms with Crippen molar-refractivity contribution in [1.82, 2.24) is 9.73 Å². The molecular weight excluding hydrogens is 469 g/mol. The second-order valence-corrected chi connectivity index (χ2v) is 9.62. The third-order valence-corrected chi connectivity index (χ3v) is 6.69. The Balaban J connectivity index is 1.74. The number of amides is 1. The van der Waals surface area contributed by atoms with Crippen molar-refractivity contribution in [2.45, 2.75) is 18.4 Å². The number of aryl methyl sites for hydroxylation is 1. The molecule has 3 aromatic rings. The molecule has 3 rings (SSSR count). The van der Waals surface area contributed by atoms with Gasteiger partial charge in [0.1, 0.15) is 18.2 Å². The van der Waals surface area contributed by atoms with E-state index >= 15 is 0 Å². The number of nitrogens with one attached hydrogen (secondary N) is 1. The topological polar surface area (TPSA) is 88.1 Å². The Morgan fingerprint density at radius 1 is 1.11 bits per heavy atom. The van der Waals surface area contributed by atoms with Crippen LogP contribution in [0, 0.1) is 12.7 Å². The summed E-state index contributed by atoms with van der Waals surface area (Å²) < 4.78 is 46.4. The van der Waals surface area contributed by atoms with Crippen molar-refractivity contribution in [2.75, 3.05) is 13.2 Å². The Bertz CT molecular complexity index is 1290. The van der Waals surface area contributed by atoms with Gasteiger partial charge in [0.05, 0.1) is 17.7 Å². The molecule has 0 unspecified atom stereocenters. The smallest absolute Gasteiger partial charge is 0.255 e. The maximum atomic E-state index is 13.3. The third-order valence-electron chi connectivity index (χ3n) is 4.88.